The average Bonchev–Trinajstić information content (AvgIpc) is 4.35. The van der Waals surface area contributed by atoms with Crippen LogP contribution in [0.4, 0.5) is 4.79 Å². The number of methoxy groups -OCH3 is 1. The molecule has 1 aromatic carbocycles. The summed E-state index contributed by atoms with van der Waals surface area (Å²) in [5, 5.41) is 5.71. The molecule has 8 rings (SSSR count). The predicted molar refractivity (Wildman–Crippen MR) is 311 cm³/mol. The van der Waals surface area contributed by atoms with Crippen molar-refractivity contribution in [1.82, 2.24) is 49.9 Å². The van der Waals surface area contributed by atoms with Crippen LogP contribution in [0.25, 0.3) is 33.4 Å². The van der Waals surface area contributed by atoms with Gasteiger partial charge in [0.1, 0.15) is 23.3 Å². The van der Waals surface area contributed by atoms with Crippen molar-refractivity contribution < 1.29 is 33.4 Å². The summed E-state index contributed by atoms with van der Waals surface area (Å²) in [6.45, 7) is 23.6. The molecule has 2 N–H and O–H groups in total. The summed E-state index contributed by atoms with van der Waals surface area (Å²) >= 11 is 0. The minimum Gasteiger partial charge on any atom is -0.465 e. The van der Waals surface area contributed by atoms with Crippen molar-refractivity contribution in [1.29, 1.82) is 0 Å². The fourth-order valence-corrected chi connectivity index (χ4v) is 11.8. The highest BCUT2D eigenvalue weighted by molar-refractivity contribution is 5.97. The van der Waals surface area contributed by atoms with Gasteiger partial charge >= 0.3 is 12.0 Å². The summed E-state index contributed by atoms with van der Waals surface area (Å²) in [6, 6.07) is 14.8. The van der Waals surface area contributed by atoms with Crippen molar-refractivity contribution in [3.8, 4) is 34.4 Å². The van der Waals surface area contributed by atoms with Crippen LogP contribution in [0.15, 0.2) is 59.7 Å². The minimum absolute atomic E-state index is 0.00980. The molecule has 1 saturated carbocycles. The van der Waals surface area contributed by atoms with Gasteiger partial charge in [-0.25, -0.2) is 10.2 Å². The monoisotopic (exact) mass is 1100 g/mol. The molecule has 5 amide bonds. The van der Waals surface area contributed by atoms with E-state index in [2.05, 4.69) is 90.8 Å². The molecule has 4 unspecified atom stereocenters. The number of aryl methyl sites for hydroxylation is 1. The number of hydrogen-bond acceptors (Lipinski definition) is 12. The van der Waals surface area contributed by atoms with Gasteiger partial charge in [0.25, 0.3) is 11.8 Å². The molecule has 80 heavy (non-hydrogen) atoms. The van der Waals surface area contributed by atoms with Crippen molar-refractivity contribution in [2.45, 2.75) is 149 Å². The number of nitrogens with zero attached hydrogens (tertiary/aromatic N) is 9. The topological polar surface area (TPSA) is 187 Å². The number of pyridine rings is 2. The highest BCUT2D eigenvalue weighted by Crippen LogP contribution is 2.51. The Hall–Kier alpha value is -6.68. The Kier molecular flexibility index (Phi) is 17.7. The third-order valence-electron chi connectivity index (χ3n) is 17.3. The van der Waals surface area contributed by atoms with Crippen LogP contribution in [-0.4, -0.2) is 160 Å². The number of rotatable bonds is 12. The molecule has 3 aliphatic heterocycles. The molecule has 18 nitrogen and oxygen atoms in total. The molecule has 6 heterocycles. The Bertz CT molecular complexity index is 3060. The Morgan fingerprint density at radius 2 is 1.73 bits per heavy atom. The van der Waals surface area contributed by atoms with Crippen LogP contribution < -0.4 is 10.7 Å². The van der Waals surface area contributed by atoms with Gasteiger partial charge in [0.2, 0.25) is 5.91 Å². The molecule has 4 aliphatic rings. The molecule has 5 atom stereocenters. The van der Waals surface area contributed by atoms with Gasteiger partial charge in [0.05, 0.1) is 41.8 Å². The van der Waals surface area contributed by atoms with Crippen molar-refractivity contribution >= 4 is 47.3 Å². The molecule has 0 spiro atoms. The maximum atomic E-state index is 15.7. The number of cyclic esters (lactones) is 1. The van der Waals surface area contributed by atoms with E-state index < -0.39 is 70.0 Å². The third-order valence-corrected chi connectivity index (χ3v) is 17.3. The lowest BCUT2D eigenvalue weighted by Gasteiger charge is -2.42. The third kappa shape index (κ3) is 12.0. The van der Waals surface area contributed by atoms with Crippen LogP contribution >= 0.6 is 0 Å². The summed E-state index contributed by atoms with van der Waals surface area (Å²) < 4.78 is 15.0. The van der Waals surface area contributed by atoms with Crippen LogP contribution in [0.2, 0.25) is 0 Å². The first kappa shape index (κ1) is 59.4. The molecule has 430 valence electrons. The second kappa shape index (κ2) is 23.8. The van der Waals surface area contributed by atoms with Crippen LogP contribution in [0.5, 0.6) is 0 Å². The van der Waals surface area contributed by atoms with Crippen LogP contribution in [0.3, 0.4) is 0 Å². The Morgan fingerprint density at radius 3 is 2.39 bits per heavy atom. The summed E-state index contributed by atoms with van der Waals surface area (Å²) in [4.78, 5) is 94.5. The van der Waals surface area contributed by atoms with Crippen molar-refractivity contribution in [2.75, 3.05) is 61.2 Å². The number of aliphatic imine (C=N–C) groups is 1. The number of carbonyl (C=O) groups excluding carboxylic acids is 5. The Morgan fingerprint density at radius 1 is 0.988 bits per heavy atom. The molecule has 4 aromatic rings. The van der Waals surface area contributed by atoms with E-state index >= 15 is 9.59 Å². The first-order valence-electron chi connectivity index (χ1n) is 28.6. The second-order valence-corrected chi connectivity index (χ2v) is 24.4. The number of amides is 5. The lowest BCUT2D eigenvalue weighted by Crippen LogP contribution is -2.67. The molecule has 3 aromatic heterocycles. The maximum absolute atomic E-state index is 15.7. The molecule has 2 saturated heterocycles. The van der Waals surface area contributed by atoms with Gasteiger partial charge < -0.3 is 34.1 Å². The highest BCUT2D eigenvalue weighted by atomic mass is 16.5. The molecule has 1 aliphatic carbocycles. The van der Waals surface area contributed by atoms with E-state index in [4.69, 9.17) is 19.4 Å². The molecule has 3 fully saturated rings. The number of likely N-dealkylation sites (N-methyl/N-ethyl adjacent to an activating group) is 1. The van der Waals surface area contributed by atoms with Gasteiger partial charge in [-0.15, -0.1) is 0 Å². The number of benzene rings is 1. The van der Waals surface area contributed by atoms with Gasteiger partial charge in [-0.05, 0) is 153 Å². The zero-order valence-electron chi connectivity index (χ0n) is 49.6. The average molecular weight is 1100 g/mol. The standard InChI is InChI=1S/C62H85N11O7/c1-15-62(66-55(75)51(40(3)4)69(13)58(78)71-33-20-32-70(39-71)50(74)29-30-60(7,8)68(11)12)36-43-21-17-24-48(65-43)41-25-28-49-46(35-41)47(52(72(49)16-2)44-22-18-31-64-53(44)61(9,79-14)42-26-27-42)37-59(5,6)38-80-56(76)45-23-19-34-73(57(62)77)67-54(45)63-10/h17-18,21-22,24-25,28,31,35,40,42,45,51,54,67H,10,15-16,19-20,23,26-27,32-34,36-39H2,1-9,11-14H3,(H,66,75)/t45-,51?,54?,61?,62?/m1/s1. The largest absolute Gasteiger partial charge is 0.465 e. The lowest BCUT2D eigenvalue weighted by molar-refractivity contribution is -0.154. The fraction of sp³-hybridized carbons (Fsp3) is 0.581. The van der Waals surface area contributed by atoms with Crippen molar-refractivity contribution in [3.05, 3.63) is 71.7 Å². The molecule has 0 radical (unpaired) electrons. The van der Waals surface area contributed by atoms with E-state index in [0.29, 0.717) is 62.6 Å². The SMILES string of the molecule is C=NC1NN2CCC[C@H]1C(=O)OCC(C)(C)Cc1c(-c3cccnc3C(C)(OC)C3CC3)n(CC)c3ccc(cc13)-c1cccc(n1)CC(CC)(NC(=O)C(C(C)C)N(C)C(=O)N1CCCN(C(=O)C#CC(C)(C)N(C)C)C1)C2=O. The zero-order valence-corrected chi connectivity index (χ0v) is 49.6. The van der Waals surface area contributed by atoms with E-state index in [1.165, 1.54) is 9.91 Å². The van der Waals surface area contributed by atoms with Crippen LogP contribution in [0.1, 0.15) is 118 Å². The zero-order chi connectivity index (χ0) is 58.1. The van der Waals surface area contributed by atoms with E-state index in [-0.39, 0.29) is 38.6 Å². The number of fused-ring (bicyclic) bond motifs is 7. The number of aromatic nitrogens is 3. The van der Waals surface area contributed by atoms with E-state index in [1.54, 1.807) is 24.0 Å². The van der Waals surface area contributed by atoms with Crippen molar-refractivity contribution in [3.63, 3.8) is 0 Å². The Balaban J connectivity index is 1.20. The van der Waals surface area contributed by atoms with Crippen molar-refractivity contribution in [2.24, 2.45) is 28.2 Å². The van der Waals surface area contributed by atoms with Gasteiger partial charge in [-0.2, -0.15) is 0 Å². The van der Waals surface area contributed by atoms with Gasteiger partial charge in [0.15, 0.2) is 0 Å². The fourth-order valence-electron chi connectivity index (χ4n) is 11.8. The van der Waals surface area contributed by atoms with Crippen LogP contribution in [-0.2, 0) is 53.6 Å². The number of urea groups is 1. The first-order valence-corrected chi connectivity index (χ1v) is 28.6. The van der Waals surface area contributed by atoms with E-state index in [9.17, 15) is 14.4 Å². The second-order valence-electron chi connectivity index (χ2n) is 24.4. The summed E-state index contributed by atoms with van der Waals surface area (Å²) in [7, 11) is 7.15. The van der Waals surface area contributed by atoms with E-state index in [1.807, 2.05) is 84.1 Å². The normalized spacial score (nSPS) is 22.1. The molecular formula is C62H85N11O7. The molecule has 6 bridgehead atoms. The number of nitrogens with one attached hydrogen (secondary N) is 2. The quantitative estimate of drug-likeness (QED) is 0.0806. The lowest BCUT2D eigenvalue weighted by atomic mass is 9.83. The van der Waals surface area contributed by atoms with Gasteiger partial charge in [0, 0.05) is 86.1 Å². The summed E-state index contributed by atoms with van der Waals surface area (Å²) in [6.07, 6.45) is 5.00. The molecule has 18 heteroatoms. The molecular weight excluding hydrogens is 1010 g/mol. The van der Waals surface area contributed by atoms with Gasteiger partial charge in [-0.3, -0.25) is 44.0 Å². The number of hydrogen-bond donors (Lipinski definition) is 2. The van der Waals surface area contributed by atoms with E-state index in [0.717, 1.165) is 51.8 Å². The van der Waals surface area contributed by atoms with Gasteiger partial charge in [-0.1, -0.05) is 52.7 Å². The van der Waals surface area contributed by atoms with Crippen LogP contribution in [0, 0.1) is 35.0 Å². The number of esters is 1. The smallest absolute Gasteiger partial charge is 0.321 e. The highest BCUT2D eigenvalue weighted by Gasteiger charge is 2.48. The number of carbonyl (C=O) groups is 5. The summed E-state index contributed by atoms with van der Waals surface area (Å²) in [5.74, 6) is 3.17. The first-order chi connectivity index (χ1) is 37.9. The summed E-state index contributed by atoms with van der Waals surface area (Å²) in [5.41, 5.74) is 7.04. The maximum Gasteiger partial charge on any atom is 0.321 e. The Labute approximate surface area is 473 Å². The minimum atomic E-state index is -1.62. The predicted octanol–water partition coefficient (Wildman–Crippen LogP) is 7.67. The number of hydrazine groups is 1. The number of ether oxygens (including phenoxy) is 2.